The summed E-state index contributed by atoms with van der Waals surface area (Å²) >= 11 is 0. The van der Waals surface area contributed by atoms with Crippen LogP contribution in [0.5, 0.6) is 5.88 Å². The molecule has 2 aromatic rings. The lowest BCUT2D eigenvalue weighted by atomic mass is 9.98. The maximum absolute atomic E-state index is 5.90. The van der Waals surface area contributed by atoms with E-state index in [-0.39, 0.29) is 0 Å². The molecule has 3 heteroatoms. The van der Waals surface area contributed by atoms with Gasteiger partial charge in [0.15, 0.2) is 0 Å². The van der Waals surface area contributed by atoms with E-state index in [1.54, 1.807) is 7.11 Å². The maximum Gasteiger partial charge on any atom is 0.219 e. The molecule has 0 unspecified atom stereocenters. The number of methoxy groups -OCH3 is 1. The summed E-state index contributed by atoms with van der Waals surface area (Å²) in [6, 6.07) is 12.1. The lowest BCUT2D eigenvalue weighted by Crippen LogP contribution is -2.05. The molecule has 0 saturated heterocycles. The number of ether oxygens (including phenoxy) is 2. The third-order valence-corrected chi connectivity index (χ3v) is 3.88. The molecule has 0 aliphatic heterocycles. The monoisotopic (exact) mass is 323 g/mol. The number of hydrogen-bond acceptors (Lipinski definition) is 3. The minimum absolute atomic E-state index is 0.426. The van der Waals surface area contributed by atoms with Crippen molar-refractivity contribution in [3.05, 3.63) is 71.9 Å². The number of pyridine rings is 1. The van der Waals surface area contributed by atoms with Crippen molar-refractivity contribution in [2.75, 3.05) is 7.11 Å². The highest BCUT2D eigenvalue weighted by Gasteiger charge is 2.15. The van der Waals surface area contributed by atoms with E-state index in [0.717, 1.165) is 40.0 Å². The first kappa shape index (κ1) is 18.0. The van der Waals surface area contributed by atoms with Gasteiger partial charge in [0.25, 0.3) is 0 Å². The predicted octanol–water partition coefficient (Wildman–Crippen LogP) is 5.26. The van der Waals surface area contributed by atoms with Crippen molar-refractivity contribution in [3.8, 4) is 5.88 Å². The van der Waals surface area contributed by atoms with Crippen LogP contribution in [0.3, 0.4) is 0 Å². The summed E-state index contributed by atoms with van der Waals surface area (Å²) in [5.74, 6) is 0.577. The lowest BCUT2D eigenvalue weighted by molar-refractivity contribution is 0.105. The second-order valence-corrected chi connectivity index (χ2v) is 5.76. The van der Waals surface area contributed by atoms with Crippen LogP contribution in [0.25, 0.3) is 11.1 Å². The second-order valence-electron chi connectivity index (χ2n) is 5.76. The van der Waals surface area contributed by atoms with Crippen LogP contribution < -0.4 is 4.74 Å². The third-order valence-electron chi connectivity index (χ3n) is 3.88. The van der Waals surface area contributed by atoms with Gasteiger partial charge in [0.1, 0.15) is 0 Å². The quantitative estimate of drug-likeness (QED) is 0.663. The Morgan fingerprint density at radius 1 is 1.12 bits per heavy atom. The van der Waals surface area contributed by atoms with E-state index in [1.807, 2.05) is 43.3 Å². The minimum Gasteiger partial charge on any atom is -0.481 e. The van der Waals surface area contributed by atoms with Gasteiger partial charge < -0.3 is 9.47 Å². The Bertz CT molecular complexity index is 720. The van der Waals surface area contributed by atoms with Crippen molar-refractivity contribution in [2.45, 2.75) is 33.5 Å². The van der Waals surface area contributed by atoms with Crippen LogP contribution in [0.15, 0.2) is 49.6 Å². The number of benzene rings is 1. The number of hydrogen-bond donors (Lipinski definition) is 0. The Labute approximate surface area is 144 Å². The van der Waals surface area contributed by atoms with Gasteiger partial charge in [-0.2, -0.15) is 0 Å². The van der Waals surface area contributed by atoms with Gasteiger partial charge in [-0.3, -0.25) is 0 Å². The lowest BCUT2D eigenvalue weighted by Gasteiger charge is -2.17. The van der Waals surface area contributed by atoms with Crippen molar-refractivity contribution < 1.29 is 9.47 Å². The number of aromatic nitrogens is 1. The van der Waals surface area contributed by atoms with Gasteiger partial charge in [0, 0.05) is 5.56 Å². The highest BCUT2D eigenvalue weighted by atomic mass is 16.5. The molecule has 1 aromatic heterocycles. The van der Waals surface area contributed by atoms with E-state index in [4.69, 9.17) is 9.47 Å². The van der Waals surface area contributed by atoms with Crippen molar-refractivity contribution in [1.29, 1.82) is 0 Å². The van der Waals surface area contributed by atoms with Gasteiger partial charge in [-0.25, -0.2) is 4.98 Å². The zero-order valence-electron chi connectivity index (χ0n) is 14.8. The average Bonchev–Trinajstić information content (AvgIpc) is 2.61. The average molecular weight is 323 g/mol. The number of rotatable bonds is 8. The van der Waals surface area contributed by atoms with Crippen LogP contribution in [0.1, 0.15) is 42.7 Å². The van der Waals surface area contributed by atoms with Crippen LogP contribution in [0.4, 0.5) is 0 Å². The maximum atomic E-state index is 5.90. The molecule has 24 heavy (non-hydrogen) atoms. The molecular weight excluding hydrogens is 298 g/mol. The van der Waals surface area contributed by atoms with E-state index in [9.17, 15) is 0 Å². The molecule has 0 bridgehead atoms. The molecular formula is C21H25NO2. The normalized spacial score (nSPS) is 10.5. The van der Waals surface area contributed by atoms with E-state index in [2.05, 4.69) is 25.1 Å². The first-order chi connectivity index (χ1) is 11.6. The summed E-state index contributed by atoms with van der Waals surface area (Å²) < 4.78 is 11.4. The zero-order valence-corrected chi connectivity index (χ0v) is 14.8. The van der Waals surface area contributed by atoms with Crippen molar-refractivity contribution in [1.82, 2.24) is 4.98 Å². The zero-order chi connectivity index (χ0) is 17.5. The standard InChI is InChI=1S/C21H25NO2/c1-6-16(4)18-12-20(15(2)3)22-21(23-5)19(18)14-24-13-17-10-8-7-9-11-17/h7-12H,2,4,6,13-14H2,1,3,5H3. The largest absolute Gasteiger partial charge is 0.481 e. The summed E-state index contributed by atoms with van der Waals surface area (Å²) in [4.78, 5) is 4.55. The fraction of sp³-hybridized carbons (Fsp3) is 0.286. The first-order valence-corrected chi connectivity index (χ1v) is 8.10. The number of nitrogens with zero attached hydrogens (tertiary/aromatic N) is 1. The van der Waals surface area contributed by atoms with Crippen LogP contribution in [-0.4, -0.2) is 12.1 Å². The topological polar surface area (TPSA) is 31.4 Å². The molecule has 0 aliphatic carbocycles. The molecule has 0 spiro atoms. The van der Waals surface area contributed by atoms with Gasteiger partial charge in [-0.05, 0) is 41.7 Å². The van der Waals surface area contributed by atoms with E-state index < -0.39 is 0 Å². The van der Waals surface area contributed by atoms with Gasteiger partial charge in [0.05, 0.1) is 26.0 Å². The summed E-state index contributed by atoms with van der Waals surface area (Å²) in [6.45, 7) is 13.2. The van der Waals surface area contributed by atoms with Crippen LogP contribution in [0.2, 0.25) is 0 Å². The first-order valence-electron chi connectivity index (χ1n) is 8.10. The molecule has 3 nitrogen and oxygen atoms in total. The van der Waals surface area contributed by atoms with Crippen molar-refractivity contribution in [3.63, 3.8) is 0 Å². The Hall–Kier alpha value is -2.39. The Balaban J connectivity index is 2.28. The molecule has 126 valence electrons. The summed E-state index contributed by atoms with van der Waals surface area (Å²) in [5, 5.41) is 0. The molecule has 0 atom stereocenters. The van der Waals surface area contributed by atoms with Gasteiger partial charge in [0.2, 0.25) is 5.88 Å². The fourth-order valence-corrected chi connectivity index (χ4v) is 2.43. The predicted molar refractivity (Wildman–Crippen MR) is 99.8 cm³/mol. The van der Waals surface area contributed by atoms with E-state index in [0.29, 0.717) is 19.1 Å². The molecule has 0 radical (unpaired) electrons. The molecule has 0 saturated carbocycles. The van der Waals surface area contributed by atoms with E-state index in [1.165, 1.54) is 0 Å². The van der Waals surface area contributed by atoms with Crippen LogP contribution in [0, 0.1) is 0 Å². The second kappa shape index (κ2) is 8.46. The van der Waals surface area contributed by atoms with Crippen molar-refractivity contribution >= 4 is 11.1 Å². The molecule has 0 fully saturated rings. The molecule has 1 aromatic carbocycles. The highest BCUT2D eigenvalue weighted by Crippen LogP contribution is 2.30. The minimum atomic E-state index is 0.426. The van der Waals surface area contributed by atoms with Crippen LogP contribution in [-0.2, 0) is 18.0 Å². The molecule has 0 amide bonds. The number of allylic oxidation sites excluding steroid dienone is 2. The summed E-state index contributed by atoms with van der Waals surface area (Å²) in [7, 11) is 1.63. The van der Waals surface area contributed by atoms with Gasteiger partial charge >= 0.3 is 0 Å². The molecule has 2 rings (SSSR count). The Morgan fingerprint density at radius 2 is 1.83 bits per heavy atom. The SMILES string of the molecule is C=C(C)c1cc(C(=C)CC)c(COCc2ccccc2)c(OC)n1. The van der Waals surface area contributed by atoms with Gasteiger partial charge in [-0.15, -0.1) is 0 Å². The summed E-state index contributed by atoms with van der Waals surface area (Å²) in [5.41, 5.74) is 5.87. The molecule has 1 heterocycles. The van der Waals surface area contributed by atoms with Crippen LogP contribution >= 0.6 is 0 Å². The highest BCUT2D eigenvalue weighted by molar-refractivity contribution is 5.71. The fourth-order valence-electron chi connectivity index (χ4n) is 2.43. The third kappa shape index (κ3) is 4.33. The smallest absolute Gasteiger partial charge is 0.219 e. The Kier molecular flexibility index (Phi) is 6.33. The van der Waals surface area contributed by atoms with Crippen molar-refractivity contribution in [2.24, 2.45) is 0 Å². The molecule has 0 aliphatic rings. The molecule has 0 N–H and O–H groups in total. The Morgan fingerprint density at radius 3 is 2.42 bits per heavy atom. The van der Waals surface area contributed by atoms with E-state index >= 15 is 0 Å². The summed E-state index contributed by atoms with van der Waals surface area (Å²) in [6.07, 6.45) is 0.856. The van der Waals surface area contributed by atoms with Gasteiger partial charge in [-0.1, -0.05) is 50.4 Å².